The second-order valence-corrected chi connectivity index (χ2v) is 12.3. The average Bonchev–Trinajstić information content (AvgIpc) is 2.93. The van der Waals surface area contributed by atoms with Crippen LogP contribution in [0.15, 0.2) is 0 Å². The molecule has 0 aromatic heterocycles. The van der Waals surface area contributed by atoms with Crippen LogP contribution in [-0.4, -0.2) is 34.2 Å². The lowest BCUT2D eigenvalue weighted by Crippen LogP contribution is -2.47. The van der Waals surface area contributed by atoms with E-state index in [1.807, 2.05) is 0 Å². The molecule has 0 aromatic rings. The standard InChI is InChI=1S/C35H68O6/c1-4-6-8-10-12-14-16-18-20-22-24-26-28-30-33(36)40-32(3)35(38,39)41-34(37)31-29-27-25-23-21-19-17-15-13-11-9-7-5-2/h32,38-39H,4-31H2,1-3H3. The third-order valence-corrected chi connectivity index (χ3v) is 8.07. The van der Waals surface area contributed by atoms with Crippen LogP contribution >= 0.6 is 0 Å². The van der Waals surface area contributed by atoms with Crippen LogP contribution in [0.2, 0.25) is 0 Å². The third-order valence-electron chi connectivity index (χ3n) is 8.07. The molecule has 6 nitrogen and oxygen atoms in total. The van der Waals surface area contributed by atoms with Crippen molar-refractivity contribution < 1.29 is 29.3 Å². The van der Waals surface area contributed by atoms with Crippen LogP contribution < -0.4 is 0 Å². The Morgan fingerprint density at radius 2 is 0.756 bits per heavy atom. The molecule has 0 heterocycles. The molecule has 0 fully saturated rings. The van der Waals surface area contributed by atoms with E-state index in [1.165, 1.54) is 135 Å². The van der Waals surface area contributed by atoms with Crippen molar-refractivity contribution in [2.24, 2.45) is 0 Å². The molecular weight excluding hydrogens is 516 g/mol. The lowest BCUT2D eigenvalue weighted by molar-refractivity contribution is -0.356. The topological polar surface area (TPSA) is 93.1 Å². The lowest BCUT2D eigenvalue weighted by Gasteiger charge is -2.27. The van der Waals surface area contributed by atoms with Gasteiger partial charge in [-0.1, -0.05) is 168 Å². The van der Waals surface area contributed by atoms with E-state index in [9.17, 15) is 19.8 Å². The summed E-state index contributed by atoms with van der Waals surface area (Å²) in [6, 6.07) is 0. The van der Waals surface area contributed by atoms with Crippen LogP contribution in [0.25, 0.3) is 0 Å². The zero-order valence-electron chi connectivity index (χ0n) is 27.4. The van der Waals surface area contributed by atoms with Crippen LogP contribution in [0.4, 0.5) is 0 Å². The van der Waals surface area contributed by atoms with E-state index in [4.69, 9.17) is 9.47 Å². The number of rotatable bonds is 31. The Morgan fingerprint density at radius 1 is 0.488 bits per heavy atom. The van der Waals surface area contributed by atoms with E-state index in [-0.39, 0.29) is 12.8 Å². The van der Waals surface area contributed by atoms with E-state index >= 15 is 0 Å². The summed E-state index contributed by atoms with van der Waals surface area (Å²) in [5.74, 6) is -3.99. The highest BCUT2D eigenvalue weighted by molar-refractivity contribution is 5.70. The first-order valence-electron chi connectivity index (χ1n) is 17.7. The predicted molar refractivity (Wildman–Crippen MR) is 169 cm³/mol. The lowest BCUT2D eigenvalue weighted by atomic mass is 10.0. The number of hydrogen-bond acceptors (Lipinski definition) is 6. The van der Waals surface area contributed by atoms with Gasteiger partial charge >= 0.3 is 17.9 Å². The van der Waals surface area contributed by atoms with Gasteiger partial charge in [0.05, 0.1) is 0 Å². The zero-order valence-corrected chi connectivity index (χ0v) is 27.4. The first-order chi connectivity index (χ1) is 19.8. The van der Waals surface area contributed by atoms with Crippen molar-refractivity contribution in [3.63, 3.8) is 0 Å². The molecule has 0 rings (SSSR count). The van der Waals surface area contributed by atoms with Crippen LogP contribution in [0.5, 0.6) is 0 Å². The summed E-state index contributed by atoms with van der Waals surface area (Å²) in [4.78, 5) is 24.2. The second kappa shape index (κ2) is 29.0. The summed E-state index contributed by atoms with van der Waals surface area (Å²) < 4.78 is 9.95. The van der Waals surface area contributed by atoms with Gasteiger partial charge in [0.25, 0.3) is 0 Å². The molecule has 0 aromatic carbocycles. The fraction of sp³-hybridized carbons (Fsp3) is 0.943. The molecule has 0 spiro atoms. The normalized spacial score (nSPS) is 12.4. The van der Waals surface area contributed by atoms with Gasteiger partial charge < -0.3 is 19.7 Å². The number of carbonyl (C=O) groups excluding carboxylic acids is 2. The van der Waals surface area contributed by atoms with Crippen molar-refractivity contribution >= 4 is 11.9 Å². The van der Waals surface area contributed by atoms with E-state index in [2.05, 4.69) is 13.8 Å². The number of ether oxygens (including phenoxy) is 2. The molecule has 1 atom stereocenters. The monoisotopic (exact) mass is 585 g/mol. The van der Waals surface area contributed by atoms with Crippen molar-refractivity contribution in [1.29, 1.82) is 0 Å². The first-order valence-corrected chi connectivity index (χ1v) is 17.7. The van der Waals surface area contributed by atoms with Gasteiger partial charge in [-0.05, 0) is 19.8 Å². The molecule has 0 saturated carbocycles. The second-order valence-electron chi connectivity index (χ2n) is 12.3. The van der Waals surface area contributed by atoms with Crippen molar-refractivity contribution in [2.45, 2.75) is 213 Å². The minimum absolute atomic E-state index is 0.125. The molecule has 0 amide bonds. The maximum absolute atomic E-state index is 12.1. The van der Waals surface area contributed by atoms with Gasteiger partial charge in [-0.15, -0.1) is 0 Å². The number of hydrogen-bond donors (Lipinski definition) is 2. The molecule has 0 aliphatic carbocycles. The highest BCUT2D eigenvalue weighted by atomic mass is 16.8. The average molecular weight is 585 g/mol. The summed E-state index contributed by atoms with van der Waals surface area (Å²) in [7, 11) is 0. The highest BCUT2D eigenvalue weighted by Crippen LogP contribution is 2.18. The molecule has 244 valence electrons. The van der Waals surface area contributed by atoms with Gasteiger partial charge in [-0.2, -0.15) is 0 Å². The molecule has 0 radical (unpaired) electrons. The SMILES string of the molecule is CCCCCCCCCCCCCCCC(=O)OC(C)C(O)(O)OC(=O)CCCCCCCCCCCCCCC. The Bertz CT molecular complexity index is 591. The molecule has 0 aliphatic heterocycles. The number of aliphatic hydroxyl groups is 2. The number of unbranched alkanes of at least 4 members (excludes halogenated alkanes) is 24. The van der Waals surface area contributed by atoms with Gasteiger partial charge in [0, 0.05) is 12.8 Å². The van der Waals surface area contributed by atoms with Crippen molar-refractivity contribution in [3.05, 3.63) is 0 Å². The van der Waals surface area contributed by atoms with E-state index in [0.29, 0.717) is 12.8 Å². The summed E-state index contributed by atoms with van der Waals surface area (Å²) in [6.45, 7) is 5.83. The van der Waals surface area contributed by atoms with Gasteiger partial charge in [0.1, 0.15) is 0 Å². The van der Waals surface area contributed by atoms with Crippen molar-refractivity contribution in [1.82, 2.24) is 0 Å². The van der Waals surface area contributed by atoms with Crippen LogP contribution in [-0.2, 0) is 19.1 Å². The van der Waals surface area contributed by atoms with Crippen LogP contribution in [0, 0.1) is 0 Å². The van der Waals surface area contributed by atoms with Crippen molar-refractivity contribution in [2.75, 3.05) is 0 Å². The fourth-order valence-corrected chi connectivity index (χ4v) is 5.21. The zero-order chi connectivity index (χ0) is 30.4. The predicted octanol–water partition coefficient (Wildman–Crippen LogP) is 10.1. The molecule has 0 saturated heterocycles. The smallest absolute Gasteiger partial charge is 0.363 e. The largest absolute Gasteiger partial charge is 0.453 e. The quantitative estimate of drug-likeness (QED) is 0.0478. The van der Waals surface area contributed by atoms with Crippen LogP contribution in [0.1, 0.15) is 201 Å². The summed E-state index contributed by atoms with van der Waals surface area (Å²) in [6.07, 6.45) is 30.7. The van der Waals surface area contributed by atoms with Crippen molar-refractivity contribution in [3.8, 4) is 0 Å². The molecule has 1 unspecified atom stereocenters. The van der Waals surface area contributed by atoms with E-state index < -0.39 is 24.0 Å². The minimum atomic E-state index is -2.81. The molecule has 41 heavy (non-hydrogen) atoms. The fourth-order valence-electron chi connectivity index (χ4n) is 5.21. The van der Waals surface area contributed by atoms with E-state index in [1.54, 1.807) is 0 Å². The van der Waals surface area contributed by atoms with Gasteiger partial charge in [0.15, 0.2) is 6.10 Å². The summed E-state index contributed by atoms with van der Waals surface area (Å²) in [5, 5.41) is 20.3. The summed E-state index contributed by atoms with van der Waals surface area (Å²) in [5.41, 5.74) is 0. The molecule has 0 aliphatic rings. The third kappa shape index (κ3) is 27.4. The van der Waals surface area contributed by atoms with E-state index in [0.717, 1.165) is 25.7 Å². The molecular formula is C35H68O6. The van der Waals surface area contributed by atoms with Gasteiger partial charge in [0.2, 0.25) is 0 Å². The summed E-state index contributed by atoms with van der Waals surface area (Å²) >= 11 is 0. The van der Waals surface area contributed by atoms with Crippen LogP contribution in [0.3, 0.4) is 0 Å². The minimum Gasteiger partial charge on any atom is -0.453 e. The van der Waals surface area contributed by atoms with Gasteiger partial charge in [-0.25, -0.2) is 0 Å². The Hall–Kier alpha value is -1.14. The maximum atomic E-state index is 12.1. The maximum Gasteiger partial charge on any atom is 0.363 e. The molecule has 0 bridgehead atoms. The molecule has 2 N–H and O–H groups in total. The Balaban J connectivity index is 3.69. The number of esters is 2. The Labute approximate surface area is 253 Å². The highest BCUT2D eigenvalue weighted by Gasteiger charge is 2.38. The number of carbonyl (C=O) groups is 2. The molecule has 6 heteroatoms. The Morgan fingerprint density at radius 3 is 1.07 bits per heavy atom. The first kappa shape index (κ1) is 39.9. The van der Waals surface area contributed by atoms with Gasteiger partial charge in [-0.3, -0.25) is 9.59 Å². The Kier molecular flexibility index (Phi) is 28.2.